The second-order valence-electron chi connectivity index (χ2n) is 19.2. The molecule has 0 aromatic rings. The summed E-state index contributed by atoms with van der Waals surface area (Å²) in [7, 11) is 1.17. The Bertz CT molecular complexity index is 1060. The Balaban J connectivity index is 4.06. The van der Waals surface area contributed by atoms with Gasteiger partial charge >= 0.3 is 11.9 Å². The van der Waals surface area contributed by atoms with Crippen LogP contribution in [0, 0.1) is 0 Å². The monoisotopic (exact) mass is 900 g/mol. The second kappa shape index (κ2) is 44.9. The Morgan fingerprint density at radius 2 is 0.823 bits per heavy atom. The summed E-state index contributed by atoms with van der Waals surface area (Å²) in [5.41, 5.74) is 0. The highest BCUT2D eigenvalue weighted by molar-refractivity contribution is 7.45. The van der Waals surface area contributed by atoms with Crippen molar-refractivity contribution in [2.24, 2.45) is 0 Å². The number of likely N-dealkylation sites (N-methyl/N-ethyl adjacent to an activating group) is 1. The molecule has 0 heterocycles. The average Bonchev–Trinajstić information content (AvgIpc) is 3.23. The molecule has 0 saturated heterocycles. The molecule has 0 amide bonds. The molecular weight excluding hydrogens is 798 g/mol. The van der Waals surface area contributed by atoms with Crippen LogP contribution in [0.5, 0.6) is 0 Å². The zero-order valence-electron chi connectivity index (χ0n) is 41.6. The van der Waals surface area contributed by atoms with Gasteiger partial charge in [0, 0.05) is 12.8 Å². The maximum absolute atomic E-state index is 12.7. The first-order valence-corrected chi connectivity index (χ1v) is 27.9. The molecule has 0 aromatic carbocycles. The van der Waals surface area contributed by atoms with Crippen LogP contribution in [0.2, 0.25) is 0 Å². The molecule has 0 aliphatic rings. The lowest BCUT2D eigenvalue weighted by Gasteiger charge is -2.28. The standard InChI is InChI=1S/C52H102NO8P/c1-6-8-10-12-14-16-18-20-21-22-23-24-25-26-27-28-29-30-31-32-33-35-36-38-40-42-44-51(54)58-48-50(49-60-62(56,57)59-47-46-53(3,4)5)61-52(55)45-43-41-39-37-34-19-17-15-13-11-9-7-2/h15,17,50H,6-14,16,18-49H2,1-5H3/b17-15-. The SMILES string of the molecule is CCCCC/C=C\CCCCCCCC(=O)OC(COC(=O)CCCCCCCCCCCCCCCCCCCCCCCCCCCC)COP(=O)([O-])OCC[N+](C)(C)C. The summed E-state index contributed by atoms with van der Waals surface area (Å²) in [5, 5.41) is 0. The Kier molecular flexibility index (Phi) is 44.0. The van der Waals surface area contributed by atoms with Gasteiger partial charge in [-0.15, -0.1) is 0 Å². The molecule has 0 aromatic heterocycles. The maximum atomic E-state index is 12.7. The molecule has 0 saturated carbocycles. The maximum Gasteiger partial charge on any atom is 0.306 e. The van der Waals surface area contributed by atoms with E-state index in [1.54, 1.807) is 0 Å². The summed E-state index contributed by atoms with van der Waals surface area (Å²) in [5.74, 6) is -0.831. The highest BCUT2D eigenvalue weighted by Gasteiger charge is 2.21. The number of rotatable bonds is 49. The third-order valence-electron chi connectivity index (χ3n) is 11.8. The molecule has 0 bridgehead atoms. The van der Waals surface area contributed by atoms with E-state index >= 15 is 0 Å². The molecule has 62 heavy (non-hydrogen) atoms. The number of hydrogen-bond acceptors (Lipinski definition) is 8. The average molecular weight is 900 g/mol. The Morgan fingerprint density at radius 1 is 0.484 bits per heavy atom. The van der Waals surface area contributed by atoms with Crippen molar-refractivity contribution in [2.75, 3.05) is 47.5 Å². The van der Waals surface area contributed by atoms with Gasteiger partial charge in [-0.05, 0) is 38.5 Å². The molecule has 0 aliphatic carbocycles. The lowest BCUT2D eigenvalue weighted by molar-refractivity contribution is -0.870. The van der Waals surface area contributed by atoms with Crippen molar-refractivity contribution in [1.82, 2.24) is 0 Å². The summed E-state index contributed by atoms with van der Waals surface area (Å²) < 4.78 is 34.0. The molecule has 0 aliphatic heterocycles. The Hall–Kier alpha value is -1.25. The lowest BCUT2D eigenvalue weighted by atomic mass is 10.0. The number of hydrogen-bond donors (Lipinski definition) is 0. The van der Waals surface area contributed by atoms with Crippen LogP contribution in [-0.4, -0.2) is 70.0 Å². The van der Waals surface area contributed by atoms with E-state index in [9.17, 15) is 19.0 Å². The molecular formula is C52H102NO8P. The molecule has 2 unspecified atom stereocenters. The van der Waals surface area contributed by atoms with Crippen molar-refractivity contribution in [3.63, 3.8) is 0 Å². The van der Waals surface area contributed by atoms with Crippen molar-refractivity contribution in [3.8, 4) is 0 Å². The van der Waals surface area contributed by atoms with Crippen LogP contribution in [0.15, 0.2) is 12.2 Å². The van der Waals surface area contributed by atoms with Crippen molar-refractivity contribution < 1.29 is 42.1 Å². The first-order valence-electron chi connectivity index (χ1n) is 26.4. The minimum Gasteiger partial charge on any atom is -0.756 e. The molecule has 2 atom stereocenters. The highest BCUT2D eigenvalue weighted by atomic mass is 31.2. The third-order valence-corrected chi connectivity index (χ3v) is 12.7. The largest absolute Gasteiger partial charge is 0.756 e. The predicted molar refractivity (Wildman–Crippen MR) is 259 cm³/mol. The van der Waals surface area contributed by atoms with Crippen molar-refractivity contribution in [3.05, 3.63) is 12.2 Å². The summed E-state index contributed by atoms with van der Waals surface area (Å²) in [6.45, 7) is 4.24. The summed E-state index contributed by atoms with van der Waals surface area (Å²) in [4.78, 5) is 37.6. The summed E-state index contributed by atoms with van der Waals surface area (Å²) in [6.07, 6.45) is 49.8. The smallest absolute Gasteiger partial charge is 0.306 e. The van der Waals surface area contributed by atoms with Crippen molar-refractivity contribution >= 4 is 19.8 Å². The summed E-state index contributed by atoms with van der Waals surface area (Å²) in [6, 6.07) is 0. The molecule has 0 fully saturated rings. The number of phosphoric acid groups is 1. The number of ether oxygens (including phenoxy) is 2. The molecule has 0 N–H and O–H groups in total. The first kappa shape index (κ1) is 60.8. The molecule has 0 radical (unpaired) electrons. The van der Waals surface area contributed by atoms with Gasteiger partial charge in [0.25, 0.3) is 7.82 Å². The molecule has 9 nitrogen and oxygen atoms in total. The van der Waals surface area contributed by atoms with E-state index in [4.69, 9.17) is 18.5 Å². The van der Waals surface area contributed by atoms with Crippen LogP contribution >= 0.6 is 7.82 Å². The highest BCUT2D eigenvalue weighted by Crippen LogP contribution is 2.38. The van der Waals surface area contributed by atoms with E-state index in [0.29, 0.717) is 17.4 Å². The number of quaternary nitrogens is 1. The quantitative estimate of drug-likeness (QED) is 0.0195. The van der Waals surface area contributed by atoms with E-state index in [-0.39, 0.29) is 32.0 Å². The van der Waals surface area contributed by atoms with Gasteiger partial charge in [0.15, 0.2) is 6.10 Å². The van der Waals surface area contributed by atoms with E-state index in [2.05, 4.69) is 26.0 Å². The van der Waals surface area contributed by atoms with Crippen LogP contribution in [0.4, 0.5) is 0 Å². The van der Waals surface area contributed by atoms with E-state index in [1.807, 2.05) is 21.1 Å². The fourth-order valence-corrected chi connectivity index (χ4v) is 8.38. The summed E-state index contributed by atoms with van der Waals surface area (Å²) >= 11 is 0. The normalized spacial score (nSPS) is 13.5. The minimum absolute atomic E-state index is 0.0292. The predicted octanol–water partition coefficient (Wildman–Crippen LogP) is 15.1. The van der Waals surface area contributed by atoms with Crippen LogP contribution in [0.25, 0.3) is 0 Å². The van der Waals surface area contributed by atoms with Gasteiger partial charge in [-0.25, -0.2) is 0 Å². The van der Waals surface area contributed by atoms with Crippen LogP contribution in [-0.2, 0) is 32.7 Å². The van der Waals surface area contributed by atoms with Crippen LogP contribution in [0.1, 0.15) is 258 Å². The van der Waals surface area contributed by atoms with Gasteiger partial charge in [-0.1, -0.05) is 219 Å². The van der Waals surface area contributed by atoms with Gasteiger partial charge in [-0.3, -0.25) is 14.2 Å². The zero-order chi connectivity index (χ0) is 45.7. The number of unbranched alkanes of at least 4 members (excludes halogenated alkanes) is 33. The Labute approximate surface area is 384 Å². The first-order chi connectivity index (χ1) is 30.0. The number of esters is 2. The van der Waals surface area contributed by atoms with Crippen LogP contribution in [0.3, 0.4) is 0 Å². The fraction of sp³-hybridized carbons (Fsp3) is 0.923. The minimum atomic E-state index is -4.62. The molecule has 10 heteroatoms. The topological polar surface area (TPSA) is 111 Å². The number of allylic oxidation sites excluding steroid dienone is 2. The number of carbonyl (C=O) groups is 2. The third kappa shape index (κ3) is 48.2. The van der Waals surface area contributed by atoms with Gasteiger partial charge in [0.2, 0.25) is 0 Å². The molecule has 368 valence electrons. The van der Waals surface area contributed by atoms with Crippen molar-refractivity contribution in [1.29, 1.82) is 0 Å². The van der Waals surface area contributed by atoms with Crippen molar-refractivity contribution in [2.45, 2.75) is 264 Å². The number of nitrogens with zero attached hydrogens (tertiary/aromatic N) is 1. The lowest BCUT2D eigenvalue weighted by Crippen LogP contribution is -2.37. The van der Waals surface area contributed by atoms with Crippen LogP contribution < -0.4 is 4.89 Å². The van der Waals surface area contributed by atoms with Gasteiger partial charge in [-0.2, -0.15) is 0 Å². The molecule has 0 spiro atoms. The van der Waals surface area contributed by atoms with E-state index in [0.717, 1.165) is 57.8 Å². The second-order valence-corrected chi connectivity index (χ2v) is 20.7. The molecule has 0 rings (SSSR count). The van der Waals surface area contributed by atoms with Gasteiger partial charge in [0.1, 0.15) is 19.8 Å². The number of carbonyl (C=O) groups excluding carboxylic acids is 2. The zero-order valence-corrected chi connectivity index (χ0v) is 42.5. The fourth-order valence-electron chi connectivity index (χ4n) is 7.65. The van der Waals surface area contributed by atoms with Gasteiger partial charge < -0.3 is 27.9 Å². The van der Waals surface area contributed by atoms with E-state index < -0.39 is 26.5 Å². The Morgan fingerprint density at radius 3 is 1.23 bits per heavy atom. The van der Waals surface area contributed by atoms with E-state index in [1.165, 1.54) is 167 Å². The van der Waals surface area contributed by atoms with Gasteiger partial charge in [0.05, 0.1) is 27.7 Å². The number of phosphoric ester groups is 1.